The molecule has 0 radical (unpaired) electrons. The van der Waals surface area contributed by atoms with E-state index in [4.69, 9.17) is 11.6 Å². The Labute approximate surface area is 117 Å². The Morgan fingerprint density at radius 1 is 1.28 bits per heavy atom. The summed E-state index contributed by atoms with van der Waals surface area (Å²) < 4.78 is 26.8. The van der Waals surface area contributed by atoms with Crippen molar-refractivity contribution in [3.63, 3.8) is 0 Å². The van der Waals surface area contributed by atoms with E-state index in [1.807, 2.05) is 13.1 Å². The average molecular weight is 309 g/mol. The van der Waals surface area contributed by atoms with E-state index in [-0.39, 0.29) is 0 Å². The Balaban J connectivity index is 2.14. The number of piperazine rings is 1. The smallest absolute Gasteiger partial charge is 0.252 e. The summed E-state index contributed by atoms with van der Waals surface area (Å²) in [5.41, 5.74) is 0. The van der Waals surface area contributed by atoms with E-state index >= 15 is 0 Å². The van der Waals surface area contributed by atoms with Crippen LogP contribution in [0.5, 0.6) is 0 Å². The van der Waals surface area contributed by atoms with E-state index in [0.717, 1.165) is 24.4 Å². The van der Waals surface area contributed by atoms with E-state index in [9.17, 15) is 8.42 Å². The van der Waals surface area contributed by atoms with E-state index in [1.165, 1.54) is 11.3 Å². The van der Waals surface area contributed by atoms with Gasteiger partial charge in [0.15, 0.2) is 0 Å². The van der Waals surface area contributed by atoms with Gasteiger partial charge in [0.25, 0.3) is 10.0 Å². The zero-order valence-electron chi connectivity index (χ0n) is 10.3. The third kappa shape index (κ3) is 3.05. The second kappa shape index (κ2) is 5.88. The number of hydrogen-bond donors (Lipinski definition) is 0. The molecule has 4 nitrogen and oxygen atoms in total. The summed E-state index contributed by atoms with van der Waals surface area (Å²) in [5.74, 6) is 0.522. The lowest BCUT2D eigenvalue weighted by molar-refractivity contribution is 0.222. The molecule has 2 heterocycles. The first-order valence-corrected chi connectivity index (χ1v) is 8.66. The summed E-state index contributed by atoms with van der Waals surface area (Å²) in [7, 11) is -1.29. The summed E-state index contributed by atoms with van der Waals surface area (Å²) in [4.78, 5) is 3.16. The van der Waals surface area contributed by atoms with Gasteiger partial charge in [0.05, 0.1) is 0 Å². The van der Waals surface area contributed by atoms with Crippen molar-refractivity contribution in [1.82, 2.24) is 9.21 Å². The molecule has 1 saturated heterocycles. The fourth-order valence-electron chi connectivity index (χ4n) is 1.88. The Kier molecular flexibility index (Phi) is 4.66. The average Bonchev–Trinajstić information content (AvgIpc) is 2.79. The first-order valence-electron chi connectivity index (χ1n) is 5.87. The lowest BCUT2D eigenvalue weighted by Crippen LogP contribution is -2.46. The van der Waals surface area contributed by atoms with E-state index in [2.05, 4.69) is 4.90 Å². The maximum absolute atomic E-state index is 12.4. The Morgan fingerprint density at radius 2 is 1.94 bits per heavy atom. The number of aryl methyl sites for hydroxylation is 1. The molecule has 7 heteroatoms. The summed E-state index contributed by atoms with van der Waals surface area (Å²) >= 11 is 7.00. The standard InChI is InChI=1S/C11H17ClN2O2S2/c1-13-6-8-14(9-7-13)18(15,16)11-3-2-10(17-11)4-5-12/h2-3H,4-9H2,1H3. The van der Waals surface area contributed by atoms with Crippen LogP contribution in [0.4, 0.5) is 0 Å². The highest BCUT2D eigenvalue weighted by molar-refractivity contribution is 7.91. The van der Waals surface area contributed by atoms with Crippen LogP contribution in [-0.2, 0) is 16.4 Å². The molecule has 0 unspecified atom stereocenters. The second-order valence-corrected chi connectivity index (χ2v) is 8.08. The van der Waals surface area contributed by atoms with Gasteiger partial charge in [-0.2, -0.15) is 4.31 Å². The lowest BCUT2D eigenvalue weighted by atomic mass is 10.4. The Hall–Kier alpha value is -0.140. The highest BCUT2D eigenvalue weighted by Crippen LogP contribution is 2.26. The molecule has 0 aliphatic carbocycles. The number of thiophene rings is 1. The highest BCUT2D eigenvalue weighted by atomic mass is 35.5. The molecule has 1 aromatic rings. The molecule has 1 aromatic heterocycles. The zero-order valence-corrected chi connectivity index (χ0v) is 12.7. The number of halogens is 1. The van der Waals surface area contributed by atoms with Gasteiger partial charge in [-0.05, 0) is 25.6 Å². The predicted octanol–water partition coefficient (Wildman–Crippen LogP) is 1.47. The molecule has 0 saturated carbocycles. The van der Waals surface area contributed by atoms with Gasteiger partial charge in [-0.1, -0.05) is 0 Å². The van der Waals surface area contributed by atoms with Crippen molar-refractivity contribution in [3.8, 4) is 0 Å². The number of nitrogens with zero attached hydrogens (tertiary/aromatic N) is 2. The van der Waals surface area contributed by atoms with Crippen LogP contribution in [0.25, 0.3) is 0 Å². The van der Waals surface area contributed by atoms with Crippen LogP contribution in [0.3, 0.4) is 0 Å². The lowest BCUT2D eigenvalue weighted by Gasteiger charge is -2.31. The fraction of sp³-hybridized carbons (Fsp3) is 0.636. The fourth-order valence-corrected chi connectivity index (χ4v) is 5.13. The van der Waals surface area contributed by atoms with Crippen LogP contribution in [-0.4, -0.2) is 56.7 Å². The minimum Gasteiger partial charge on any atom is -0.304 e. The molecule has 0 aromatic carbocycles. The molecule has 1 fully saturated rings. The summed E-state index contributed by atoms with van der Waals surface area (Å²) in [6.07, 6.45) is 0.727. The second-order valence-electron chi connectivity index (χ2n) is 4.37. The van der Waals surface area contributed by atoms with Crippen molar-refractivity contribution in [2.45, 2.75) is 10.6 Å². The number of sulfonamides is 1. The summed E-state index contributed by atoms with van der Waals surface area (Å²) in [6, 6.07) is 3.55. The molecule has 0 bridgehead atoms. The van der Waals surface area contributed by atoms with Crippen LogP contribution in [0.1, 0.15) is 4.88 Å². The molecule has 0 amide bonds. The van der Waals surface area contributed by atoms with E-state index in [0.29, 0.717) is 23.2 Å². The topological polar surface area (TPSA) is 40.6 Å². The van der Waals surface area contributed by atoms with Crippen molar-refractivity contribution in [3.05, 3.63) is 17.0 Å². The minimum absolute atomic E-state index is 0.437. The molecule has 102 valence electrons. The van der Waals surface area contributed by atoms with E-state index in [1.54, 1.807) is 10.4 Å². The summed E-state index contributed by atoms with van der Waals surface area (Å²) in [6.45, 7) is 2.72. The van der Waals surface area contributed by atoms with Crippen LogP contribution in [0.15, 0.2) is 16.3 Å². The molecular weight excluding hydrogens is 292 g/mol. The van der Waals surface area contributed by atoms with Crippen LogP contribution < -0.4 is 0 Å². The number of rotatable bonds is 4. The third-order valence-corrected chi connectivity index (χ3v) is 6.73. The number of alkyl halides is 1. The van der Waals surface area contributed by atoms with Gasteiger partial charge in [-0.25, -0.2) is 8.42 Å². The molecule has 1 aliphatic heterocycles. The zero-order chi connectivity index (χ0) is 13.2. The van der Waals surface area contributed by atoms with Crippen molar-refractivity contribution in [2.75, 3.05) is 39.1 Å². The first-order chi connectivity index (χ1) is 8.54. The maximum Gasteiger partial charge on any atom is 0.252 e. The predicted molar refractivity (Wildman–Crippen MR) is 75.0 cm³/mol. The van der Waals surface area contributed by atoms with Crippen molar-refractivity contribution >= 4 is 33.0 Å². The van der Waals surface area contributed by atoms with Crippen LogP contribution in [0, 0.1) is 0 Å². The van der Waals surface area contributed by atoms with Gasteiger partial charge >= 0.3 is 0 Å². The van der Waals surface area contributed by atoms with Gasteiger partial charge in [0.2, 0.25) is 0 Å². The minimum atomic E-state index is -3.30. The van der Waals surface area contributed by atoms with Gasteiger partial charge < -0.3 is 4.90 Å². The van der Waals surface area contributed by atoms with Gasteiger partial charge in [0, 0.05) is 36.9 Å². The van der Waals surface area contributed by atoms with Crippen molar-refractivity contribution < 1.29 is 8.42 Å². The third-order valence-electron chi connectivity index (χ3n) is 3.03. The van der Waals surface area contributed by atoms with Crippen LogP contribution >= 0.6 is 22.9 Å². The Morgan fingerprint density at radius 3 is 2.56 bits per heavy atom. The SMILES string of the molecule is CN1CCN(S(=O)(=O)c2ccc(CCCl)s2)CC1. The molecule has 0 atom stereocenters. The first kappa shape index (κ1) is 14.3. The van der Waals surface area contributed by atoms with Crippen molar-refractivity contribution in [2.24, 2.45) is 0 Å². The van der Waals surface area contributed by atoms with Crippen LogP contribution in [0.2, 0.25) is 0 Å². The Bertz CT molecular complexity index is 493. The van der Waals surface area contributed by atoms with E-state index < -0.39 is 10.0 Å². The van der Waals surface area contributed by atoms with Gasteiger partial charge in [-0.3, -0.25) is 0 Å². The highest BCUT2D eigenvalue weighted by Gasteiger charge is 2.28. The largest absolute Gasteiger partial charge is 0.304 e. The quantitative estimate of drug-likeness (QED) is 0.791. The molecule has 1 aliphatic rings. The molecule has 18 heavy (non-hydrogen) atoms. The number of hydrogen-bond acceptors (Lipinski definition) is 4. The molecule has 0 spiro atoms. The molecule has 0 N–H and O–H groups in total. The molecule has 2 rings (SSSR count). The molecular formula is C11H17ClN2O2S2. The normalized spacial score (nSPS) is 19.2. The summed E-state index contributed by atoms with van der Waals surface area (Å²) in [5, 5.41) is 0. The maximum atomic E-state index is 12.4. The van der Waals surface area contributed by atoms with Gasteiger partial charge in [-0.15, -0.1) is 22.9 Å². The van der Waals surface area contributed by atoms with Crippen molar-refractivity contribution in [1.29, 1.82) is 0 Å². The monoisotopic (exact) mass is 308 g/mol. The van der Waals surface area contributed by atoms with Gasteiger partial charge in [0.1, 0.15) is 4.21 Å². The number of likely N-dealkylation sites (N-methyl/N-ethyl adjacent to an activating group) is 1.